The maximum Gasteiger partial charge on any atom is 0.307 e. The second-order valence-corrected chi connectivity index (χ2v) is 2.39. The van der Waals surface area contributed by atoms with E-state index in [0.29, 0.717) is 6.42 Å². The van der Waals surface area contributed by atoms with Crippen molar-refractivity contribution in [3.63, 3.8) is 0 Å². The zero-order valence-corrected chi connectivity index (χ0v) is 5.80. The molecule has 1 unspecified atom stereocenters. The van der Waals surface area contributed by atoms with E-state index >= 15 is 0 Å². The fourth-order valence-corrected chi connectivity index (χ4v) is 0.993. The third-order valence-electron chi connectivity index (χ3n) is 1.56. The molecule has 4 nitrogen and oxygen atoms in total. The van der Waals surface area contributed by atoms with Gasteiger partial charge in [-0.15, -0.1) is 0 Å². The number of esters is 1. The molecule has 10 heavy (non-hydrogen) atoms. The Kier molecular flexibility index (Phi) is 2.65. The van der Waals surface area contributed by atoms with Gasteiger partial charge in [-0.25, -0.2) is 5.43 Å². The first-order chi connectivity index (χ1) is 4.83. The van der Waals surface area contributed by atoms with Crippen molar-refractivity contribution in [2.45, 2.75) is 31.9 Å². The quantitative estimate of drug-likeness (QED) is 0.306. The third-order valence-corrected chi connectivity index (χ3v) is 1.56. The first-order valence-corrected chi connectivity index (χ1v) is 3.48. The summed E-state index contributed by atoms with van der Waals surface area (Å²) >= 11 is 0. The minimum Gasteiger partial charge on any atom is -0.445 e. The Morgan fingerprint density at radius 3 is 3.10 bits per heavy atom. The fraction of sp³-hybridized carbons (Fsp3) is 0.833. The lowest BCUT2D eigenvalue weighted by Gasteiger charge is -2.11. The predicted molar refractivity (Wildman–Crippen MR) is 35.7 cm³/mol. The first kappa shape index (κ1) is 7.50. The largest absolute Gasteiger partial charge is 0.445 e. The fourth-order valence-electron chi connectivity index (χ4n) is 0.993. The van der Waals surface area contributed by atoms with Crippen molar-refractivity contribution < 1.29 is 9.53 Å². The molecule has 0 radical (unpaired) electrons. The molecule has 0 spiro atoms. The molecule has 1 rings (SSSR count). The van der Waals surface area contributed by atoms with Crippen LogP contribution >= 0.6 is 0 Å². The number of nitrogens with one attached hydrogen (secondary N) is 1. The van der Waals surface area contributed by atoms with Gasteiger partial charge in [0, 0.05) is 6.42 Å². The summed E-state index contributed by atoms with van der Waals surface area (Å²) in [5.74, 6) is 4.96. The lowest BCUT2D eigenvalue weighted by Crippen LogP contribution is -2.37. The Labute approximate surface area is 59.7 Å². The van der Waals surface area contributed by atoms with Crippen LogP contribution in [0.5, 0.6) is 0 Å². The van der Waals surface area contributed by atoms with Crippen LogP contribution in [0.3, 0.4) is 0 Å². The molecule has 1 saturated heterocycles. The number of cyclic esters (lactones) is 1. The van der Waals surface area contributed by atoms with Gasteiger partial charge in [0.25, 0.3) is 0 Å². The lowest BCUT2D eigenvalue weighted by atomic mass is 10.2. The van der Waals surface area contributed by atoms with Gasteiger partial charge in [-0.05, 0) is 19.3 Å². The molecule has 3 N–H and O–H groups in total. The van der Waals surface area contributed by atoms with E-state index in [0.717, 1.165) is 19.3 Å². The van der Waals surface area contributed by atoms with Crippen LogP contribution in [0, 0.1) is 0 Å². The summed E-state index contributed by atoms with van der Waals surface area (Å²) < 4.78 is 4.89. The van der Waals surface area contributed by atoms with Crippen molar-refractivity contribution in [2.24, 2.45) is 5.84 Å². The highest BCUT2D eigenvalue weighted by Gasteiger charge is 2.15. The maximum atomic E-state index is 10.7. The number of hydrogen-bond acceptors (Lipinski definition) is 4. The van der Waals surface area contributed by atoms with Crippen LogP contribution in [0.4, 0.5) is 0 Å². The number of ether oxygens (including phenoxy) is 1. The van der Waals surface area contributed by atoms with E-state index in [1.165, 1.54) is 0 Å². The Bertz CT molecular complexity index is 127. The van der Waals surface area contributed by atoms with Gasteiger partial charge in [0.2, 0.25) is 0 Å². The third kappa shape index (κ3) is 1.97. The Morgan fingerprint density at radius 1 is 1.60 bits per heavy atom. The van der Waals surface area contributed by atoms with Crippen molar-refractivity contribution in [3.05, 3.63) is 0 Å². The molecule has 0 amide bonds. The molecule has 0 aromatic heterocycles. The van der Waals surface area contributed by atoms with E-state index in [9.17, 15) is 4.79 Å². The molecule has 0 aromatic rings. The van der Waals surface area contributed by atoms with E-state index in [1.807, 2.05) is 0 Å². The number of nitrogens with two attached hydrogens (primary N) is 1. The van der Waals surface area contributed by atoms with E-state index in [1.54, 1.807) is 0 Å². The zero-order valence-electron chi connectivity index (χ0n) is 5.80. The van der Waals surface area contributed by atoms with Crippen molar-refractivity contribution >= 4 is 5.97 Å². The van der Waals surface area contributed by atoms with Gasteiger partial charge in [-0.1, -0.05) is 0 Å². The Morgan fingerprint density at radius 2 is 2.40 bits per heavy atom. The average Bonchev–Trinajstić information content (AvgIpc) is 2.13. The Balaban J connectivity index is 2.38. The van der Waals surface area contributed by atoms with Gasteiger partial charge in [0.05, 0.1) is 0 Å². The van der Waals surface area contributed by atoms with Crippen LogP contribution in [-0.4, -0.2) is 12.2 Å². The maximum absolute atomic E-state index is 10.7. The summed E-state index contributed by atoms with van der Waals surface area (Å²) in [5, 5.41) is 0. The number of hydrazine groups is 1. The molecule has 1 fully saturated rings. The van der Waals surface area contributed by atoms with E-state index in [4.69, 9.17) is 10.6 Å². The number of carbonyl (C=O) groups is 1. The van der Waals surface area contributed by atoms with Crippen LogP contribution in [0.15, 0.2) is 0 Å². The van der Waals surface area contributed by atoms with Crippen molar-refractivity contribution in [3.8, 4) is 0 Å². The summed E-state index contributed by atoms with van der Waals surface area (Å²) in [6, 6.07) is 0. The highest BCUT2D eigenvalue weighted by atomic mass is 16.6. The number of hydrogen-bond donors (Lipinski definition) is 2. The van der Waals surface area contributed by atoms with Gasteiger partial charge in [-0.2, -0.15) is 0 Å². The van der Waals surface area contributed by atoms with Crippen LogP contribution in [0.1, 0.15) is 25.7 Å². The number of carbonyl (C=O) groups excluding carboxylic acids is 1. The second kappa shape index (κ2) is 3.53. The number of rotatable bonds is 1. The summed E-state index contributed by atoms with van der Waals surface area (Å²) in [5.41, 5.74) is 2.43. The molecular formula is C6H12N2O2. The van der Waals surface area contributed by atoms with Crippen molar-refractivity contribution in [1.82, 2.24) is 5.43 Å². The molecule has 1 atom stereocenters. The zero-order chi connectivity index (χ0) is 7.40. The van der Waals surface area contributed by atoms with Gasteiger partial charge in [0.1, 0.15) is 0 Å². The molecule has 0 aromatic carbocycles. The minimum atomic E-state index is -0.269. The molecular weight excluding hydrogens is 132 g/mol. The molecule has 4 heteroatoms. The first-order valence-electron chi connectivity index (χ1n) is 3.48. The summed E-state index contributed by atoms with van der Waals surface area (Å²) in [7, 11) is 0. The molecule has 1 aliphatic rings. The predicted octanol–water partition coefficient (Wildman–Crippen LogP) is -0.107. The molecule has 1 aliphatic heterocycles. The normalized spacial score (nSPS) is 27.3. The van der Waals surface area contributed by atoms with Crippen molar-refractivity contribution in [2.75, 3.05) is 0 Å². The monoisotopic (exact) mass is 144 g/mol. The second-order valence-electron chi connectivity index (χ2n) is 2.39. The Hall–Kier alpha value is -0.610. The van der Waals surface area contributed by atoms with E-state index < -0.39 is 0 Å². The standard InChI is InChI=1S/C6H12N2O2/c7-8-5-3-1-2-4-6(9)10-5/h5,8H,1-4,7H2. The van der Waals surface area contributed by atoms with Crippen LogP contribution in [-0.2, 0) is 9.53 Å². The SMILES string of the molecule is NNC1CCCCC(=O)O1. The molecule has 0 aliphatic carbocycles. The van der Waals surface area contributed by atoms with Crippen molar-refractivity contribution in [1.29, 1.82) is 0 Å². The molecule has 58 valence electrons. The van der Waals surface area contributed by atoms with Gasteiger partial charge >= 0.3 is 5.97 Å². The van der Waals surface area contributed by atoms with E-state index in [2.05, 4.69) is 5.43 Å². The topological polar surface area (TPSA) is 64.3 Å². The minimum absolute atomic E-state index is 0.152. The molecule has 0 bridgehead atoms. The van der Waals surface area contributed by atoms with E-state index in [-0.39, 0.29) is 12.2 Å². The smallest absolute Gasteiger partial charge is 0.307 e. The summed E-state index contributed by atoms with van der Waals surface area (Å²) in [4.78, 5) is 10.7. The van der Waals surface area contributed by atoms with Gasteiger partial charge in [-0.3, -0.25) is 10.6 Å². The molecule has 0 saturated carbocycles. The lowest BCUT2D eigenvalue weighted by molar-refractivity contribution is -0.149. The van der Waals surface area contributed by atoms with Crippen LogP contribution in [0.25, 0.3) is 0 Å². The summed E-state index contributed by atoms with van der Waals surface area (Å²) in [6.07, 6.45) is 2.99. The van der Waals surface area contributed by atoms with Crippen LogP contribution in [0.2, 0.25) is 0 Å². The van der Waals surface area contributed by atoms with Crippen LogP contribution < -0.4 is 11.3 Å². The van der Waals surface area contributed by atoms with Gasteiger partial charge < -0.3 is 4.74 Å². The molecule has 1 heterocycles. The average molecular weight is 144 g/mol. The van der Waals surface area contributed by atoms with Gasteiger partial charge in [0.15, 0.2) is 6.23 Å². The highest BCUT2D eigenvalue weighted by Crippen LogP contribution is 2.11. The summed E-state index contributed by atoms with van der Waals surface area (Å²) in [6.45, 7) is 0. The highest BCUT2D eigenvalue weighted by molar-refractivity contribution is 5.69.